The van der Waals surface area contributed by atoms with Crippen molar-refractivity contribution in [3.8, 4) is 0 Å². The number of nitro benzene ring substituents is 1. The first kappa shape index (κ1) is 16.9. The van der Waals surface area contributed by atoms with Gasteiger partial charge in [0.15, 0.2) is 6.29 Å². The van der Waals surface area contributed by atoms with Crippen molar-refractivity contribution < 1.29 is 9.72 Å². The van der Waals surface area contributed by atoms with E-state index in [1.807, 2.05) is 0 Å². The predicted octanol–water partition coefficient (Wildman–Crippen LogP) is 4.88. The molecular formula is C19H26N2O3. The Morgan fingerprint density at radius 2 is 1.50 bits per heavy atom. The zero-order valence-electron chi connectivity index (χ0n) is 14.2. The molecule has 0 spiro atoms. The summed E-state index contributed by atoms with van der Waals surface area (Å²) in [7, 11) is 0. The van der Waals surface area contributed by atoms with Gasteiger partial charge in [-0.15, -0.1) is 0 Å². The molecule has 1 aromatic rings. The minimum absolute atomic E-state index is 0.00640. The minimum atomic E-state index is -0.428. The number of carbonyl (C=O) groups is 1. The molecule has 2 saturated carbocycles. The molecule has 0 aliphatic heterocycles. The molecule has 0 heterocycles. The van der Waals surface area contributed by atoms with Crippen LogP contribution < -0.4 is 4.90 Å². The maximum atomic E-state index is 11.6. The Morgan fingerprint density at radius 1 is 0.958 bits per heavy atom. The van der Waals surface area contributed by atoms with Crippen LogP contribution in [0.3, 0.4) is 0 Å². The molecule has 2 fully saturated rings. The Balaban J connectivity index is 1.97. The quantitative estimate of drug-likeness (QED) is 0.438. The van der Waals surface area contributed by atoms with Gasteiger partial charge in [-0.25, -0.2) is 0 Å². The van der Waals surface area contributed by atoms with E-state index in [9.17, 15) is 14.9 Å². The van der Waals surface area contributed by atoms with Crippen LogP contribution in [-0.2, 0) is 0 Å². The number of carbonyl (C=O) groups excluding carboxylic acids is 1. The van der Waals surface area contributed by atoms with E-state index in [1.165, 1.54) is 44.6 Å². The van der Waals surface area contributed by atoms with Gasteiger partial charge in [0.1, 0.15) is 0 Å². The molecule has 0 amide bonds. The van der Waals surface area contributed by atoms with Crippen LogP contribution in [0.5, 0.6) is 0 Å². The molecule has 24 heavy (non-hydrogen) atoms. The van der Waals surface area contributed by atoms with Crippen molar-refractivity contribution in [3.63, 3.8) is 0 Å². The van der Waals surface area contributed by atoms with Crippen molar-refractivity contribution in [2.45, 2.75) is 76.3 Å². The van der Waals surface area contributed by atoms with Crippen LogP contribution in [0.25, 0.3) is 0 Å². The molecule has 0 N–H and O–H groups in total. The predicted molar refractivity (Wildman–Crippen MR) is 94.7 cm³/mol. The third-order valence-electron chi connectivity index (χ3n) is 5.56. The maximum Gasteiger partial charge on any atom is 0.270 e. The number of non-ortho nitro benzene ring substituents is 1. The molecule has 2 aliphatic rings. The molecule has 0 saturated heterocycles. The number of benzene rings is 1. The second kappa shape index (κ2) is 7.77. The highest BCUT2D eigenvalue weighted by atomic mass is 16.6. The maximum absolute atomic E-state index is 11.6. The van der Waals surface area contributed by atoms with Gasteiger partial charge >= 0.3 is 0 Å². The second-order valence-electron chi connectivity index (χ2n) is 7.11. The summed E-state index contributed by atoms with van der Waals surface area (Å²) >= 11 is 0. The van der Waals surface area contributed by atoms with E-state index in [0.29, 0.717) is 17.6 Å². The van der Waals surface area contributed by atoms with Crippen LogP contribution in [0.1, 0.15) is 74.6 Å². The van der Waals surface area contributed by atoms with Crippen LogP contribution in [0.4, 0.5) is 11.4 Å². The van der Waals surface area contributed by atoms with Gasteiger partial charge in [-0.2, -0.15) is 0 Å². The Hall–Kier alpha value is -1.91. The Bertz CT molecular complexity index is 572. The van der Waals surface area contributed by atoms with Crippen molar-refractivity contribution in [2.75, 3.05) is 4.90 Å². The first-order valence-electron chi connectivity index (χ1n) is 9.22. The zero-order valence-corrected chi connectivity index (χ0v) is 14.2. The average Bonchev–Trinajstić information content (AvgIpc) is 2.64. The molecular weight excluding hydrogens is 304 g/mol. The molecule has 130 valence electrons. The van der Waals surface area contributed by atoms with Gasteiger partial charge in [0.05, 0.1) is 4.92 Å². The second-order valence-corrected chi connectivity index (χ2v) is 7.11. The summed E-state index contributed by atoms with van der Waals surface area (Å²) in [4.78, 5) is 24.7. The summed E-state index contributed by atoms with van der Waals surface area (Å²) in [6, 6.07) is 5.69. The molecule has 0 aromatic heterocycles. The van der Waals surface area contributed by atoms with Crippen LogP contribution in [0, 0.1) is 10.1 Å². The fraction of sp³-hybridized carbons (Fsp3) is 0.632. The van der Waals surface area contributed by atoms with Gasteiger partial charge in [-0.3, -0.25) is 14.9 Å². The summed E-state index contributed by atoms with van der Waals surface area (Å²) in [5.74, 6) is 0. The summed E-state index contributed by atoms with van der Waals surface area (Å²) in [6.07, 6.45) is 12.9. The number of nitro groups is 1. The van der Waals surface area contributed by atoms with Crippen molar-refractivity contribution in [3.05, 3.63) is 33.9 Å². The lowest BCUT2D eigenvalue weighted by atomic mass is 9.87. The van der Waals surface area contributed by atoms with Crippen LogP contribution in [0.15, 0.2) is 18.2 Å². The van der Waals surface area contributed by atoms with Gasteiger partial charge in [0, 0.05) is 35.5 Å². The minimum Gasteiger partial charge on any atom is -0.365 e. The number of anilines is 1. The van der Waals surface area contributed by atoms with Crippen molar-refractivity contribution in [2.24, 2.45) is 0 Å². The van der Waals surface area contributed by atoms with Crippen molar-refractivity contribution >= 4 is 17.7 Å². The number of hydrogen-bond donors (Lipinski definition) is 0. The Kier molecular flexibility index (Phi) is 5.48. The summed E-state index contributed by atoms with van der Waals surface area (Å²) in [5.41, 5.74) is 1.35. The van der Waals surface area contributed by atoms with E-state index in [0.717, 1.165) is 37.7 Å². The SMILES string of the molecule is O=Cc1cc([N+](=O)[O-])ccc1N(C1CCCCC1)C1CCCCC1. The van der Waals surface area contributed by atoms with E-state index < -0.39 is 4.92 Å². The topological polar surface area (TPSA) is 63.4 Å². The van der Waals surface area contributed by atoms with Gasteiger partial charge in [-0.05, 0) is 31.7 Å². The smallest absolute Gasteiger partial charge is 0.270 e. The molecule has 5 heteroatoms. The first-order chi connectivity index (χ1) is 11.7. The van der Waals surface area contributed by atoms with Crippen LogP contribution in [0.2, 0.25) is 0 Å². The molecule has 0 radical (unpaired) electrons. The van der Waals surface area contributed by atoms with E-state index in [2.05, 4.69) is 4.90 Å². The van der Waals surface area contributed by atoms with E-state index >= 15 is 0 Å². The third-order valence-corrected chi connectivity index (χ3v) is 5.56. The highest BCUT2D eigenvalue weighted by Crippen LogP contribution is 2.36. The fourth-order valence-corrected chi connectivity index (χ4v) is 4.39. The molecule has 2 aliphatic carbocycles. The fourth-order valence-electron chi connectivity index (χ4n) is 4.39. The van der Waals surface area contributed by atoms with Crippen LogP contribution in [-0.4, -0.2) is 23.3 Å². The number of rotatable bonds is 5. The molecule has 0 unspecified atom stereocenters. The van der Waals surface area contributed by atoms with E-state index in [4.69, 9.17) is 0 Å². The Labute approximate surface area is 143 Å². The average molecular weight is 330 g/mol. The lowest BCUT2D eigenvalue weighted by molar-refractivity contribution is -0.384. The van der Waals surface area contributed by atoms with Gasteiger partial charge in [-0.1, -0.05) is 38.5 Å². The van der Waals surface area contributed by atoms with Crippen molar-refractivity contribution in [1.82, 2.24) is 0 Å². The standard InChI is InChI=1S/C19H26N2O3/c22-14-15-13-18(21(23)24)11-12-19(15)20(16-7-3-1-4-8-16)17-9-5-2-6-10-17/h11-14,16-17H,1-10H2. The zero-order chi connectivity index (χ0) is 16.9. The van der Waals surface area contributed by atoms with Gasteiger partial charge in [0.2, 0.25) is 0 Å². The molecule has 5 nitrogen and oxygen atoms in total. The van der Waals surface area contributed by atoms with Crippen LogP contribution >= 0.6 is 0 Å². The summed E-state index contributed by atoms with van der Waals surface area (Å²) in [6.45, 7) is 0. The van der Waals surface area contributed by atoms with Gasteiger partial charge < -0.3 is 4.90 Å². The number of aldehydes is 1. The molecule has 0 bridgehead atoms. The normalized spacial score (nSPS) is 19.8. The van der Waals surface area contributed by atoms with Gasteiger partial charge in [0.25, 0.3) is 5.69 Å². The number of nitrogens with zero attached hydrogens (tertiary/aromatic N) is 2. The highest BCUT2D eigenvalue weighted by molar-refractivity contribution is 5.86. The number of hydrogen-bond acceptors (Lipinski definition) is 4. The molecule has 3 rings (SSSR count). The molecule has 1 aromatic carbocycles. The first-order valence-corrected chi connectivity index (χ1v) is 9.22. The lowest BCUT2D eigenvalue weighted by Crippen LogP contribution is -2.45. The summed E-state index contributed by atoms with van der Waals surface area (Å²) in [5, 5.41) is 11.0. The Morgan fingerprint density at radius 3 is 1.96 bits per heavy atom. The highest BCUT2D eigenvalue weighted by Gasteiger charge is 2.30. The van der Waals surface area contributed by atoms with Crippen molar-refractivity contribution in [1.29, 1.82) is 0 Å². The summed E-state index contributed by atoms with van der Waals surface area (Å²) < 4.78 is 0. The van der Waals surface area contributed by atoms with E-state index in [-0.39, 0.29) is 5.69 Å². The largest absolute Gasteiger partial charge is 0.365 e. The van der Waals surface area contributed by atoms with E-state index in [1.54, 1.807) is 12.1 Å². The molecule has 0 atom stereocenters. The third kappa shape index (κ3) is 3.60. The monoisotopic (exact) mass is 330 g/mol. The lowest BCUT2D eigenvalue weighted by Gasteiger charge is -2.44.